The Kier molecular flexibility index (Phi) is 2.40. The molecule has 3 heteroatoms. The maximum Gasteiger partial charge on any atom is 0.118 e. The van der Waals surface area contributed by atoms with Crippen molar-refractivity contribution >= 4 is 0 Å². The number of nitrogens with zero attached hydrogens (tertiary/aromatic N) is 1. The maximum absolute atomic E-state index is 11.4. The first-order valence-corrected chi connectivity index (χ1v) is 6.80. The smallest absolute Gasteiger partial charge is 0.118 e. The first-order chi connectivity index (χ1) is 13.0. The fourth-order valence-corrected chi connectivity index (χ4v) is 2.68. The van der Waals surface area contributed by atoms with Crippen LogP contribution in [0.25, 0.3) is 0 Å². The Balaban J connectivity index is 2.59. The Morgan fingerprint density at radius 3 is 2.70 bits per heavy atom. The minimum atomic E-state index is -2.83. The van der Waals surface area contributed by atoms with Crippen LogP contribution in [-0.4, -0.2) is 43.2 Å². The highest BCUT2D eigenvalue weighted by molar-refractivity contribution is 5.31. The van der Waals surface area contributed by atoms with E-state index in [9.17, 15) is 5.11 Å². The Labute approximate surface area is 135 Å². The van der Waals surface area contributed by atoms with Gasteiger partial charge in [0, 0.05) is 20.6 Å². The van der Waals surface area contributed by atoms with Gasteiger partial charge in [0.15, 0.2) is 0 Å². The second-order valence-corrected chi connectivity index (χ2v) is 5.26. The van der Waals surface area contributed by atoms with E-state index in [1.165, 1.54) is 24.3 Å². The lowest BCUT2D eigenvalue weighted by molar-refractivity contribution is -0.0277. The van der Waals surface area contributed by atoms with E-state index in [-0.39, 0.29) is 24.2 Å². The van der Waals surface area contributed by atoms with Crippen molar-refractivity contribution in [2.45, 2.75) is 43.6 Å². The summed E-state index contributed by atoms with van der Waals surface area (Å²) < 4.78 is 75.5. The molecule has 1 fully saturated rings. The number of rotatable bonds is 5. The topological polar surface area (TPSA) is 32.7 Å². The second-order valence-electron chi connectivity index (χ2n) is 5.26. The molecule has 1 saturated carbocycles. The average Bonchev–Trinajstić information content (AvgIpc) is 2.59. The molecule has 112 valence electrons. The van der Waals surface area contributed by atoms with Crippen molar-refractivity contribution in [3.05, 3.63) is 29.8 Å². The summed E-state index contributed by atoms with van der Waals surface area (Å²) in [6.45, 7) is -5.60. The second kappa shape index (κ2) is 6.59. The third-order valence-electron chi connectivity index (χ3n) is 3.69. The normalized spacial score (nSPS) is 30.1. The van der Waals surface area contributed by atoms with Crippen molar-refractivity contribution < 1.29 is 22.2 Å². The number of hydrogen-bond donors (Lipinski definition) is 1. The predicted octanol–water partition coefficient (Wildman–Crippen LogP) is 3.04. The van der Waals surface area contributed by atoms with Gasteiger partial charge in [0.25, 0.3) is 0 Å². The van der Waals surface area contributed by atoms with Gasteiger partial charge in [-0.3, -0.25) is 0 Å². The molecule has 1 atom stereocenters. The van der Waals surface area contributed by atoms with Crippen molar-refractivity contribution in [2.24, 2.45) is 0 Å². The molecular weight excluding hydrogens is 250 g/mol. The van der Waals surface area contributed by atoms with Crippen LogP contribution < -0.4 is 4.74 Å². The van der Waals surface area contributed by atoms with Gasteiger partial charge in [0.2, 0.25) is 0 Å². The highest BCUT2D eigenvalue weighted by Gasteiger charge is 2.38. The van der Waals surface area contributed by atoms with Gasteiger partial charge < -0.3 is 14.7 Å². The molecule has 0 aliphatic heterocycles. The maximum atomic E-state index is 11.4. The Morgan fingerprint density at radius 2 is 2.10 bits per heavy atom. The Bertz CT molecular complexity index is 696. The summed E-state index contributed by atoms with van der Waals surface area (Å²) in [6.07, 6.45) is 2.31. The number of hydrogen-bond acceptors (Lipinski definition) is 3. The molecule has 1 unspecified atom stereocenters. The molecule has 3 nitrogen and oxygen atoms in total. The molecule has 0 heterocycles. The predicted molar refractivity (Wildman–Crippen MR) is 82.3 cm³/mol. The van der Waals surface area contributed by atoms with Gasteiger partial charge in [-0.05, 0) is 44.6 Å². The monoisotopic (exact) mass is 286 g/mol. The molecule has 1 aromatic rings. The lowest BCUT2D eigenvalue weighted by Gasteiger charge is -2.40. The zero-order valence-corrected chi connectivity index (χ0v) is 11.6. The van der Waals surface area contributed by atoms with Gasteiger partial charge in [-0.1, -0.05) is 31.4 Å². The number of likely N-dealkylation sites (N-methyl/N-ethyl adjacent to an activating group) is 1. The van der Waals surface area contributed by atoms with Crippen molar-refractivity contribution in [2.75, 3.05) is 27.6 Å². The number of methoxy groups -OCH3 is 1. The van der Waals surface area contributed by atoms with Gasteiger partial charge in [-0.2, -0.15) is 0 Å². The van der Waals surface area contributed by atoms with E-state index >= 15 is 0 Å². The molecule has 1 aliphatic rings. The van der Waals surface area contributed by atoms with Crippen LogP contribution in [0, 0.1) is 0 Å². The van der Waals surface area contributed by atoms with E-state index in [1.54, 1.807) is 0 Å². The highest BCUT2D eigenvalue weighted by atomic mass is 16.5. The minimum absolute atomic E-state index is 0.00327. The van der Waals surface area contributed by atoms with Gasteiger partial charge in [-0.25, -0.2) is 0 Å². The average molecular weight is 286 g/mol. The summed E-state index contributed by atoms with van der Waals surface area (Å²) in [4.78, 5) is 0.492. The zero-order chi connectivity index (χ0) is 22.3. The van der Waals surface area contributed by atoms with Gasteiger partial charge in [0.1, 0.15) is 5.75 Å². The molecule has 20 heavy (non-hydrogen) atoms. The molecule has 0 aromatic heterocycles. The molecule has 0 spiro atoms. The Morgan fingerprint density at radius 1 is 1.40 bits per heavy atom. The van der Waals surface area contributed by atoms with Gasteiger partial charge >= 0.3 is 0 Å². The molecule has 0 radical (unpaired) electrons. The van der Waals surface area contributed by atoms with E-state index < -0.39 is 32.0 Å². The summed E-state index contributed by atoms with van der Waals surface area (Å²) in [5, 5.41) is 11.4. The molecule has 1 aromatic carbocycles. The van der Waals surface area contributed by atoms with Crippen LogP contribution in [0.4, 0.5) is 0 Å². The third-order valence-corrected chi connectivity index (χ3v) is 3.69. The van der Waals surface area contributed by atoms with Crippen LogP contribution in [-0.2, 0) is 0 Å². The van der Waals surface area contributed by atoms with Gasteiger partial charge in [-0.15, -0.1) is 0 Å². The SMILES string of the molecule is [2H]C([2H])([2H])Oc1ccc(C([2H])(C2(O)CCCCC2)C([2H])([2H])N(C)C([2H])([2H])[2H])cc1. The summed E-state index contributed by atoms with van der Waals surface area (Å²) in [5.41, 5.74) is -1.76. The van der Waals surface area contributed by atoms with Crippen LogP contribution in [0.3, 0.4) is 0 Å². The van der Waals surface area contributed by atoms with Crippen molar-refractivity contribution in [3.63, 3.8) is 0 Å². The molecular formula is C17H27NO2. The molecule has 1 N–H and O–H groups in total. The molecule has 0 bridgehead atoms. The van der Waals surface area contributed by atoms with Gasteiger partial charge in [0.05, 0.1) is 16.8 Å². The lowest BCUT2D eigenvalue weighted by atomic mass is 9.72. The fraction of sp³-hybridized carbons (Fsp3) is 0.647. The largest absolute Gasteiger partial charge is 0.497 e. The summed E-state index contributed by atoms with van der Waals surface area (Å²) in [7, 11) is -1.61. The van der Waals surface area contributed by atoms with Crippen LogP contribution >= 0.6 is 0 Å². The van der Waals surface area contributed by atoms with Crippen LogP contribution in [0.1, 0.15) is 55.9 Å². The quantitative estimate of drug-likeness (QED) is 0.903. The minimum Gasteiger partial charge on any atom is -0.497 e. The summed E-state index contributed by atoms with van der Waals surface area (Å²) >= 11 is 0. The zero-order valence-electron chi connectivity index (χ0n) is 20.6. The van der Waals surface area contributed by atoms with Crippen LogP contribution in [0.5, 0.6) is 5.75 Å². The van der Waals surface area contributed by atoms with Crippen LogP contribution in [0.2, 0.25) is 0 Å². The summed E-state index contributed by atoms with van der Waals surface area (Å²) in [6, 6.07) is 5.18. The molecule has 0 amide bonds. The van der Waals surface area contributed by atoms with E-state index in [2.05, 4.69) is 0 Å². The molecule has 1 aliphatic carbocycles. The highest BCUT2D eigenvalue weighted by Crippen LogP contribution is 2.40. The first-order valence-electron chi connectivity index (χ1n) is 11.3. The molecule has 0 saturated heterocycles. The lowest BCUT2D eigenvalue weighted by Crippen LogP contribution is -2.42. The Hall–Kier alpha value is -1.06. The number of benzene rings is 1. The van der Waals surface area contributed by atoms with E-state index in [0.717, 1.165) is 13.5 Å². The fourth-order valence-electron chi connectivity index (χ4n) is 2.68. The summed E-state index contributed by atoms with van der Waals surface area (Å²) in [5.74, 6) is -2.35. The third kappa shape index (κ3) is 3.53. The number of aliphatic hydroxyl groups is 1. The van der Waals surface area contributed by atoms with E-state index in [4.69, 9.17) is 17.1 Å². The number of ether oxygens (including phenoxy) is 1. The van der Waals surface area contributed by atoms with Crippen molar-refractivity contribution in [1.82, 2.24) is 4.90 Å². The first kappa shape index (κ1) is 7.28. The van der Waals surface area contributed by atoms with Crippen LogP contribution in [0.15, 0.2) is 24.3 Å². The van der Waals surface area contributed by atoms with Crippen molar-refractivity contribution in [3.8, 4) is 5.75 Å². The molecule has 2 rings (SSSR count). The standard InChI is InChI=1S/C17H27NO2/c1-18(2)13-16(17(19)11-5-4-6-12-17)14-7-9-15(20-3)10-8-14/h7-10,16,19H,4-6,11-13H2,1-3H3/i1D3,3D3,13D2,16D. The van der Waals surface area contributed by atoms with E-state index in [0.29, 0.717) is 17.7 Å². The van der Waals surface area contributed by atoms with E-state index in [1.807, 2.05) is 0 Å². The van der Waals surface area contributed by atoms with Crippen molar-refractivity contribution in [1.29, 1.82) is 0 Å².